The Labute approximate surface area is 119 Å². The number of ketones is 1. The Morgan fingerprint density at radius 2 is 1.80 bits per heavy atom. The highest BCUT2D eigenvalue weighted by Crippen LogP contribution is 2.20. The zero-order valence-electron chi connectivity index (χ0n) is 10.3. The lowest BCUT2D eigenvalue weighted by Crippen LogP contribution is -2.02. The zero-order chi connectivity index (χ0) is 14.1. The molecule has 0 saturated carbocycles. The number of pyridine rings is 1. The van der Waals surface area contributed by atoms with Crippen LogP contribution >= 0.6 is 11.6 Å². The molecule has 0 aliphatic carbocycles. The molecule has 4 heteroatoms. The molecule has 0 bridgehead atoms. The Balaban J connectivity index is 2.05. The number of benzene rings is 2. The van der Waals surface area contributed by atoms with E-state index in [1.807, 2.05) is 18.2 Å². The topological polar surface area (TPSA) is 30.0 Å². The number of carbonyl (C=O) groups excluding carboxylic acids is 1. The molecular weight excluding hydrogens is 277 g/mol. The largest absolute Gasteiger partial charge is 0.289 e. The van der Waals surface area contributed by atoms with Crippen LogP contribution in [0.15, 0.2) is 54.7 Å². The number of aromatic nitrogens is 1. The molecule has 0 unspecified atom stereocenters. The molecule has 0 aliphatic rings. The Bertz CT molecular complexity index is 816. The second-order valence-corrected chi connectivity index (χ2v) is 4.78. The van der Waals surface area contributed by atoms with E-state index in [4.69, 9.17) is 11.6 Å². The van der Waals surface area contributed by atoms with Gasteiger partial charge < -0.3 is 0 Å². The van der Waals surface area contributed by atoms with Crippen LogP contribution in [0.4, 0.5) is 4.39 Å². The summed E-state index contributed by atoms with van der Waals surface area (Å²) < 4.78 is 13.4. The van der Waals surface area contributed by atoms with Gasteiger partial charge in [-0.2, -0.15) is 0 Å². The van der Waals surface area contributed by atoms with Crippen molar-refractivity contribution in [3.05, 3.63) is 76.7 Å². The van der Waals surface area contributed by atoms with Crippen LogP contribution in [-0.2, 0) is 0 Å². The number of halogens is 2. The molecule has 0 atom stereocenters. The van der Waals surface area contributed by atoms with Gasteiger partial charge in [0, 0.05) is 22.7 Å². The van der Waals surface area contributed by atoms with Gasteiger partial charge in [-0.25, -0.2) is 4.39 Å². The fraction of sp³-hybridized carbons (Fsp3) is 0. The molecule has 20 heavy (non-hydrogen) atoms. The van der Waals surface area contributed by atoms with Gasteiger partial charge in [0.15, 0.2) is 5.78 Å². The van der Waals surface area contributed by atoms with Gasteiger partial charge in [-0.3, -0.25) is 9.78 Å². The first-order chi connectivity index (χ1) is 9.65. The van der Waals surface area contributed by atoms with Crippen molar-refractivity contribution >= 4 is 28.3 Å². The lowest BCUT2D eigenvalue weighted by molar-refractivity contribution is 0.103. The lowest BCUT2D eigenvalue weighted by Gasteiger charge is -2.04. The highest BCUT2D eigenvalue weighted by atomic mass is 35.5. The number of rotatable bonds is 2. The van der Waals surface area contributed by atoms with Crippen LogP contribution in [0.25, 0.3) is 10.9 Å². The van der Waals surface area contributed by atoms with Gasteiger partial charge in [0.1, 0.15) is 5.82 Å². The second kappa shape index (κ2) is 5.02. The van der Waals surface area contributed by atoms with E-state index in [0.717, 1.165) is 17.0 Å². The van der Waals surface area contributed by atoms with E-state index in [2.05, 4.69) is 4.98 Å². The van der Waals surface area contributed by atoms with E-state index >= 15 is 0 Å². The van der Waals surface area contributed by atoms with Crippen LogP contribution in [0.2, 0.25) is 5.02 Å². The summed E-state index contributed by atoms with van der Waals surface area (Å²) in [5.41, 5.74) is 1.47. The third-order valence-corrected chi connectivity index (χ3v) is 3.36. The average molecular weight is 286 g/mol. The van der Waals surface area contributed by atoms with Crippen LogP contribution < -0.4 is 0 Å². The molecule has 1 heterocycles. The molecule has 2 aromatic carbocycles. The summed E-state index contributed by atoms with van der Waals surface area (Å²) in [5.74, 6) is -0.857. The fourth-order valence-corrected chi connectivity index (χ4v) is 2.13. The quantitative estimate of drug-likeness (QED) is 0.659. The van der Waals surface area contributed by atoms with Crippen molar-refractivity contribution < 1.29 is 9.18 Å². The third kappa shape index (κ3) is 2.28. The maximum atomic E-state index is 13.4. The van der Waals surface area contributed by atoms with Crippen molar-refractivity contribution in [3.63, 3.8) is 0 Å². The SMILES string of the molecule is O=C(c1ccc(Cl)c(F)c1)c1ccc2cccnc2c1. The predicted molar refractivity (Wildman–Crippen MR) is 76.6 cm³/mol. The van der Waals surface area contributed by atoms with Crippen molar-refractivity contribution in [3.8, 4) is 0 Å². The highest BCUT2D eigenvalue weighted by Gasteiger charge is 2.12. The van der Waals surface area contributed by atoms with Gasteiger partial charge >= 0.3 is 0 Å². The van der Waals surface area contributed by atoms with Gasteiger partial charge in [-0.15, -0.1) is 0 Å². The Kier molecular flexibility index (Phi) is 3.20. The molecule has 0 radical (unpaired) electrons. The molecule has 2 nitrogen and oxygen atoms in total. The zero-order valence-corrected chi connectivity index (χ0v) is 11.1. The summed E-state index contributed by atoms with van der Waals surface area (Å²) in [6.45, 7) is 0. The van der Waals surface area contributed by atoms with Crippen LogP contribution in [0.5, 0.6) is 0 Å². The summed E-state index contributed by atoms with van der Waals surface area (Å²) in [6.07, 6.45) is 1.67. The van der Waals surface area contributed by atoms with Gasteiger partial charge in [0.25, 0.3) is 0 Å². The Morgan fingerprint density at radius 3 is 2.60 bits per heavy atom. The van der Waals surface area contributed by atoms with Crippen molar-refractivity contribution in [2.75, 3.05) is 0 Å². The highest BCUT2D eigenvalue weighted by molar-refractivity contribution is 6.30. The minimum Gasteiger partial charge on any atom is -0.289 e. The number of carbonyl (C=O) groups is 1. The molecule has 0 amide bonds. The van der Waals surface area contributed by atoms with Gasteiger partial charge in [-0.05, 0) is 30.3 Å². The van der Waals surface area contributed by atoms with Crippen molar-refractivity contribution in [1.82, 2.24) is 4.98 Å². The molecule has 0 N–H and O–H groups in total. The van der Waals surface area contributed by atoms with E-state index in [1.165, 1.54) is 12.1 Å². The predicted octanol–water partition coefficient (Wildman–Crippen LogP) is 4.26. The summed E-state index contributed by atoms with van der Waals surface area (Å²) >= 11 is 5.61. The van der Waals surface area contributed by atoms with Gasteiger partial charge in [0.2, 0.25) is 0 Å². The number of fused-ring (bicyclic) bond motifs is 1. The average Bonchev–Trinajstić information content (AvgIpc) is 2.49. The number of hydrogen-bond acceptors (Lipinski definition) is 2. The summed E-state index contributed by atoms with van der Waals surface area (Å²) in [5, 5.41) is 0.952. The minimum atomic E-state index is -0.601. The van der Waals surface area contributed by atoms with Crippen LogP contribution in [0, 0.1) is 5.82 Å². The maximum Gasteiger partial charge on any atom is 0.193 e. The van der Waals surface area contributed by atoms with Crippen molar-refractivity contribution in [2.45, 2.75) is 0 Å². The number of nitrogens with zero attached hydrogens (tertiary/aromatic N) is 1. The Morgan fingerprint density at radius 1 is 1.05 bits per heavy atom. The van der Waals surface area contributed by atoms with Crippen molar-refractivity contribution in [2.24, 2.45) is 0 Å². The fourth-order valence-electron chi connectivity index (χ4n) is 2.01. The van der Waals surface area contributed by atoms with Gasteiger partial charge in [0.05, 0.1) is 10.5 Å². The van der Waals surface area contributed by atoms with E-state index in [0.29, 0.717) is 5.56 Å². The summed E-state index contributed by atoms with van der Waals surface area (Å²) in [4.78, 5) is 16.5. The van der Waals surface area contributed by atoms with E-state index < -0.39 is 5.82 Å². The van der Waals surface area contributed by atoms with Crippen molar-refractivity contribution in [1.29, 1.82) is 0 Å². The summed E-state index contributed by atoms with van der Waals surface area (Å²) in [6, 6.07) is 13.0. The van der Waals surface area contributed by atoms with Crippen LogP contribution in [0.1, 0.15) is 15.9 Å². The molecule has 3 aromatic rings. The standard InChI is InChI=1S/C16H9ClFNO/c17-13-6-5-11(8-14(13)18)16(20)12-4-3-10-2-1-7-19-15(10)9-12/h1-9H. The minimum absolute atomic E-state index is 0.00160. The normalized spacial score (nSPS) is 10.7. The first-order valence-corrected chi connectivity index (χ1v) is 6.37. The maximum absolute atomic E-state index is 13.4. The molecule has 3 rings (SSSR count). The first-order valence-electron chi connectivity index (χ1n) is 6.00. The summed E-state index contributed by atoms with van der Waals surface area (Å²) in [7, 11) is 0. The smallest absolute Gasteiger partial charge is 0.193 e. The molecule has 98 valence electrons. The molecule has 1 aromatic heterocycles. The third-order valence-electron chi connectivity index (χ3n) is 3.05. The molecule has 0 saturated heterocycles. The van der Waals surface area contributed by atoms with E-state index in [9.17, 15) is 9.18 Å². The van der Waals surface area contributed by atoms with E-state index in [-0.39, 0.29) is 16.4 Å². The first kappa shape index (κ1) is 12.8. The van der Waals surface area contributed by atoms with Crippen LogP contribution in [-0.4, -0.2) is 10.8 Å². The second-order valence-electron chi connectivity index (χ2n) is 4.37. The van der Waals surface area contributed by atoms with Gasteiger partial charge in [-0.1, -0.05) is 29.8 Å². The number of hydrogen-bond donors (Lipinski definition) is 0. The van der Waals surface area contributed by atoms with Crippen LogP contribution in [0.3, 0.4) is 0 Å². The molecular formula is C16H9ClFNO. The molecule has 0 fully saturated rings. The Hall–Kier alpha value is -2.26. The lowest BCUT2D eigenvalue weighted by atomic mass is 10.0. The molecule has 0 spiro atoms. The molecule has 0 aliphatic heterocycles. The van der Waals surface area contributed by atoms with E-state index in [1.54, 1.807) is 18.3 Å². The monoisotopic (exact) mass is 285 g/mol.